The molecule has 1 amide bonds. The molecule has 2 N–H and O–H groups in total. The van der Waals surface area contributed by atoms with Crippen molar-refractivity contribution in [2.75, 3.05) is 7.05 Å². The lowest BCUT2D eigenvalue weighted by molar-refractivity contribution is -0.130. The van der Waals surface area contributed by atoms with Crippen LogP contribution in [-0.4, -0.2) is 23.9 Å². The summed E-state index contributed by atoms with van der Waals surface area (Å²) in [6.45, 7) is 0.673. The normalized spacial score (nSPS) is 16.9. The van der Waals surface area contributed by atoms with Crippen LogP contribution in [0.5, 0.6) is 0 Å². The molecule has 1 saturated carbocycles. The number of carbonyl (C=O) groups is 1. The second-order valence-electron chi connectivity index (χ2n) is 4.69. The van der Waals surface area contributed by atoms with Crippen molar-refractivity contribution in [3.63, 3.8) is 0 Å². The number of nitrogens with two attached hydrogens (primary N) is 1. The molecule has 0 aliphatic heterocycles. The summed E-state index contributed by atoms with van der Waals surface area (Å²) in [4.78, 5) is 14.9. The predicted molar refractivity (Wildman–Crippen MR) is 73.8 cm³/mol. The van der Waals surface area contributed by atoms with Gasteiger partial charge in [0.05, 0.1) is 6.54 Å². The van der Waals surface area contributed by atoms with Crippen LogP contribution in [0.25, 0.3) is 0 Å². The van der Waals surface area contributed by atoms with Gasteiger partial charge in [-0.2, -0.15) is 0 Å². The summed E-state index contributed by atoms with van der Waals surface area (Å²) in [5, 5.41) is 2.03. The zero-order chi connectivity index (χ0) is 12.4. The Kier molecular flexibility index (Phi) is 4.22. The first-order chi connectivity index (χ1) is 8.06. The zero-order valence-electron chi connectivity index (χ0n) is 9.86. The van der Waals surface area contributed by atoms with Gasteiger partial charge in [0.1, 0.15) is 0 Å². The maximum atomic E-state index is 11.9. The van der Waals surface area contributed by atoms with Crippen LogP contribution in [0.2, 0.25) is 0 Å². The van der Waals surface area contributed by atoms with E-state index in [1.54, 1.807) is 16.2 Å². The highest BCUT2D eigenvalue weighted by Crippen LogP contribution is 2.33. The monoisotopic (exact) mass is 316 g/mol. The summed E-state index contributed by atoms with van der Waals surface area (Å²) < 4.78 is 1.08. The van der Waals surface area contributed by atoms with E-state index in [1.807, 2.05) is 12.4 Å². The van der Waals surface area contributed by atoms with Crippen LogP contribution in [0.4, 0.5) is 0 Å². The Balaban J connectivity index is 1.82. The second-order valence-corrected chi connectivity index (χ2v) is 6.60. The van der Waals surface area contributed by atoms with E-state index in [4.69, 9.17) is 5.73 Å². The van der Waals surface area contributed by atoms with Gasteiger partial charge in [-0.1, -0.05) is 0 Å². The van der Waals surface area contributed by atoms with Crippen LogP contribution in [0.3, 0.4) is 0 Å². The maximum absolute atomic E-state index is 11.9. The van der Waals surface area contributed by atoms with Crippen molar-refractivity contribution < 1.29 is 4.79 Å². The molecule has 0 saturated heterocycles. The molecule has 3 nitrogen and oxygen atoms in total. The van der Waals surface area contributed by atoms with E-state index in [9.17, 15) is 4.79 Å². The minimum atomic E-state index is 0.0556. The molecule has 1 aliphatic rings. The molecule has 1 aromatic rings. The molecule has 0 spiro atoms. The Bertz CT molecular complexity index is 403. The minimum absolute atomic E-state index is 0.0556. The first-order valence-corrected chi connectivity index (χ1v) is 7.46. The van der Waals surface area contributed by atoms with Crippen molar-refractivity contribution in [2.24, 2.45) is 11.7 Å². The molecule has 94 valence electrons. The van der Waals surface area contributed by atoms with E-state index in [0.29, 0.717) is 18.9 Å². The predicted octanol–water partition coefficient (Wildman–Crippen LogP) is 2.60. The van der Waals surface area contributed by atoms with Crippen LogP contribution in [0, 0.1) is 5.92 Å². The minimum Gasteiger partial charge on any atom is -0.341 e. The Morgan fingerprint density at radius 2 is 2.41 bits per heavy atom. The van der Waals surface area contributed by atoms with Gasteiger partial charge in [0, 0.05) is 34.2 Å². The fraction of sp³-hybridized carbons (Fsp3) is 0.583. The van der Waals surface area contributed by atoms with Gasteiger partial charge in [-0.25, -0.2) is 0 Å². The molecular weight excluding hydrogens is 300 g/mol. The fourth-order valence-corrected chi connectivity index (χ4v) is 3.31. The van der Waals surface area contributed by atoms with E-state index in [2.05, 4.69) is 22.0 Å². The summed E-state index contributed by atoms with van der Waals surface area (Å²) in [7, 11) is 1.84. The highest BCUT2D eigenvalue weighted by Gasteiger charge is 2.30. The van der Waals surface area contributed by atoms with E-state index in [1.165, 1.54) is 17.7 Å². The molecule has 1 heterocycles. The number of thiophene rings is 1. The molecule has 1 aromatic heterocycles. The highest BCUT2D eigenvalue weighted by molar-refractivity contribution is 9.10. The topological polar surface area (TPSA) is 46.3 Å². The molecule has 5 heteroatoms. The van der Waals surface area contributed by atoms with Gasteiger partial charge in [0.25, 0.3) is 0 Å². The number of rotatable bonds is 5. The number of halogens is 1. The molecule has 0 radical (unpaired) electrons. The lowest BCUT2D eigenvalue weighted by atomic mass is 10.1. The number of nitrogens with zero attached hydrogens (tertiary/aromatic N) is 1. The third-order valence-electron chi connectivity index (χ3n) is 3.08. The van der Waals surface area contributed by atoms with Crippen molar-refractivity contribution >= 4 is 33.2 Å². The summed E-state index contributed by atoms with van der Waals surface area (Å²) in [5.74, 6) is 0.733. The fourth-order valence-electron chi connectivity index (χ4n) is 1.81. The van der Waals surface area contributed by atoms with Gasteiger partial charge < -0.3 is 10.6 Å². The van der Waals surface area contributed by atoms with Crippen LogP contribution >= 0.6 is 27.3 Å². The molecule has 1 atom stereocenters. The van der Waals surface area contributed by atoms with E-state index in [0.717, 1.165) is 4.47 Å². The first kappa shape index (κ1) is 13.1. The first-order valence-electron chi connectivity index (χ1n) is 5.78. The summed E-state index contributed by atoms with van der Waals surface area (Å²) >= 11 is 5.07. The van der Waals surface area contributed by atoms with Crippen LogP contribution in [0.15, 0.2) is 15.9 Å². The Labute approximate surface area is 114 Å². The van der Waals surface area contributed by atoms with Crippen molar-refractivity contribution in [3.05, 3.63) is 20.8 Å². The molecule has 2 rings (SSSR count). The molecule has 1 aliphatic carbocycles. The highest BCUT2D eigenvalue weighted by atomic mass is 79.9. The summed E-state index contributed by atoms with van der Waals surface area (Å²) in [5.41, 5.74) is 5.96. The van der Waals surface area contributed by atoms with Gasteiger partial charge in [0.2, 0.25) is 5.91 Å². The van der Waals surface area contributed by atoms with Crippen molar-refractivity contribution in [2.45, 2.75) is 31.8 Å². The summed E-state index contributed by atoms with van der Waals surface area (Å²) in [6.07, 6.45) is 2.86. The van der Waals surface area contributed by atoms with Gasteiger partial charge in [-0.05, 0) is 40.8 Å². The standard InChI is InChI=1S/C12H17BrN2OS/c1-15(6-10-4-9(13)7-17-10)12(16)5-11(14)8-2-3-8/h4,7-8,11H,2-3,5-6,14H2,1H3. The third-order valence-corrected chi connectivity index (χ3v) is 4.76. The van der Waals surface area contributed by atoms with E-state index < -0.39 is 0 Å². The second kappa shape index (κ2) is 5.50. The number of hydrogen-bond acceptors (Lipinski definition) is 3. The lowest BCUT2D eigenvalue weighted by Gasteiger charge is -2.18. The van der Waals surface area contributed by atoms with Crippen LogP contribution < -0.4 is 5.73 Å². The molecular formula is C12H17BrN2OS. The van der Waals surface area contributed by atoms with Crippen LogP contribution in [0.1, 0.15) is 24.1 Å². The van der Waals surface area contributed by atoms with E-state index in [-0.39, 0.29) is 11.9 Å². The number of carbonyl (C=O) groups excluding carboxylic acids is 1. The Morgan fingerprint density at radius 3 is 2.94 bits per heavy atom. The average molecular weight is 317 g/mol. The number of amides is 1. The van der Waals surface area contributed by atoms with Crippen molar-refractivity contribution in [3.8, 4) is 0 Å². The summed E-state index contributed by atoms with van der Waals surface area (Å²) in [6, 6.07) is 2.11. The maximum Gasteiger partial charge on any atom is 0.224 e. The van der Waals surface area contributed by atoms with Crippen molar-refractivity contribution in [1.29, 1.82) is 0 Å². The molecule has 0 aromatic carbocycles. The third kappa shape index (κ3) is 3.79. The average Bonchev–Trinajstić information content (AvgIpc) is 3.04. The largest absolute Gasteiger partial charge is 0.341 e. The molecule has 1 fully saturated rings. The smallest absolute Gasteiger partial charge is 0.224 e. The van der Waals surface area contributed by atoms with Gasteiger partial charge in [-0.3, -0.25) is 4.79 Å². The molecule has 1 unspecified atom stereocenters. The molecule has 17 heavy (non-hydrogen) atoms. The van der Waals surface area contributed by atoms with Gasteiger partial charge >= 0.3 is 0 Å². The Morgan fingerprint density at radius 1 is 1.71 bits per heavy atom. The van der Waals surface area contributed by atoms with Gasteiger partial charge in [-0.15, -0.1) is 11.3 Å². The number of hydrogen-bond donors (Lipinski definition) is 1. The SMILES string of the molecule is CN(Cc1cc(Br)cs1)C(=O)CC(N)C1CC1. The van der Waals surface area contributed by atoms with E-state index >= 15 is 0 Å². The molecule has 0 bridgehead atoms. The van der Waals surface area contributed by atoms with Crippen LogP contribution in [-0.2, 0) is 11.3 Å². The lowest BCUT2D eigenvalue weighted by Crippen LogP contribution is -2.33. The quantitative estimate of drug-likeness (QED) is 0.907. The zero-order valence-corrected chi connectivity index (χ0v) is 12.3. The van der Waals surface area contributed by atoms with Crippen molar-refractivity contribution in [1.82, 2.24) is 4.90 Å². The Hall–Kier alpha value is -0.390. The van der Waals surface area contributed by atoms with Gasteiger partial charge in [0.15, 0.2) is 0 Å².